The monoisotopic (exact) mass is 334 g/mol. The molecule has 9 heteroatoms. The van der Waals surface area contributed by atoms with Crippen molar-refractivity contribution in [3.63, 3.8) is 0 Å². The number of aliphatic carboxylic acids is 1. The van der Waals surface area contributed by atoms with Gasteiger partial charge in [0, 0.05) is 12.8 Å². The summed E-state index contributed by atoms with van der Waals surface area (Å²) in [6.07, 6.45) is -4.38. The molecule has 2 saturated heterocycles. The third-order valence-electron chi connectivity index (χ3n) is 4.54. The van der Waals surface area contributed by atoms with Crippen LogP contribution in [-0.4, -0.2) is 75.8 Å². The van der Waals surface area contributed by atoms with E-state index in [9.17, 15) is 20.1 Å². The van der Waals surface area contributed by atoms with E-state index in [1.807, 2.05) is 0 Å². The van der Waals surface area contributed by atoms with Crippen LogP contribution in [0.5, 0.6) is 0 Å². The molecule has 0 bridgehead atoms. The van der Waals surface area contributed by atoms with Gasteiger partial charge in [-0.05, 0) is 12.8 Å². The van der Waals surface area contributed by atoms with Crippen LogP contribution in [-0.2, 0) is 23.7 Å². The molecule has 0 radical (unpaired) electrons. The van der Waals surface area contributed by atoms with Crippen LogP contribution < -0.4 is 0 Å². The van der Waals surface area contributed by atoms with E-state index in [1.165, 1.54) is 0 Å². The van der Waals surface area contributed by atoms with E-state index in [0.717, 1.165) is 32.1 Å². The van der Waals surface area contributed by atoms with Gasteiger partial charge in [0.1, 0.15) is 24.9 Å². The number of aliphatic hydroxyl groups is 3. The molecule has 0 aromatic rings. The SMILES string of the molecule is O=C(O)[C@H]1O[C@@H](OC2COC3(CCCCC3)O2)[C@H](O)[C@@H](O)[C@@H]1O. The second kappa shape index (κ2) is 6.60. The summed E-state index contributed by atoms with van der Waals surface area (Å²) < 4.78 is 22.0. The van der Waals surface area contributed by atoms with Crippen molar-refractivity contribution < 1.29 is 44.2 Å². The predicted molar refractivity (Wildman–Crippen MR) is 72.0 cm³/mol. The normalized spacial score (nSPS) is 43.6. The molecule has 0 aromatic heterocycles. The first kappa shape index (κ1) is 17.0. The number of ether oxygens (including phenoxy) is 4. The fourth-order valence-corrected chi connectivity index (χ4v) is 3.26. The van der Waals surface area contributed by atoms with Crippen molar-refractivity contribution in [2.24, 2.45) is 0 Å². The minimum atomic E-state index is -1.74. The highest BCUT2D eigenvalue weighted by Gasteiger charge is 2.50. The van der Waals surface area contributed by atoms with Crippen molar-refractivity contribution in [3.05, 3.63) is 0 Å². The average molecular weight is 334 g/mol. The van der Waals surface area contributed by atoms with Crippen molar-refractivity contribution in [1.29, 1.82) is 0 Å². The average Bonchev–Trinajstić information content (AvgIpc) is 2.90. The van der Waals surface area contributed by atoms with Crippen molar-refractivity contribution in [2.75, 3.05) is 6.61 Å². The zero-order valence-electron chi connectivity index (χ0n) is 12.5. The smallest absolute Gasteiger partial charge is 0.335 e. The number of rotatable bonds is 3. The Labute approximate surface area is 132 Å². The Balaban J connectivity index is 1.61. The Hall–Kier alpha value is -0.810. The minimum absolute atomic E-state index is 0.128. The summed E-state index contributed by atoms with van der Waals surface area (Å²) in [7, 11) is 0. The van der Waals surface area contributed by atoms with Gasteiger partial charge in [0.15, 0.2) is 24.5 Å². The Bertz CT molecular complexity index is 436. The van der Waals surface area contributed by atoms with Crippen molar-refractivity contribution in [3.8, 4) is 0 Å². The zero-order chi connectivity index (χ0) is 16.6. The lowest BCUT2D eigenvalue weighted by Gasteiger charge is -2.39. The van der Waals surface area contributed by atoms with E-state index in [0.29, 0.717) is 0 Å². The van der Waals surface area contributed by atoms with Crippen molar-refractivity contribution in [2.45, 2.75) is 74.9 Å². The lowest BCUT2D eigenvalue weighted by Crippen LogP contribution is -2.61. The van der Waals surface area contributed by atoms with Crippen LogP contribution in [0, 0.1) is 0 Å². The predicted octanol–water partition coefficient (Wildman–Crippen LogP) is -1.07. The van der Waals surface area contributed by atoms with E-state index < -0.39 is 48.8 Å². The number of hydrogen-bond acceptors (Lipinski definition) is 8. The molecular weight excluding hydrogens is 312 g/mol. The van der Waals surface area contributed by atoms with Gasteiger partial charge in [-0.2, -0.15) is 0 Å². The van der Waals surface area contributed by atoms with Crippen LogP contribution in [0.1, 0.15) is 32.1 Å². The van der Waals surface area contributed by atoms with E-state index in [2.05, 4.69) is 0 Å². The molecule has 4 N–H and O–H groups in total. The number of aliphatic hydroxyl groups excluding tert-OH is 3. The summed E-state index contributed by atoms with van der Waals surface area (Å²) in [5, 5.41) is 38.3. The lowest BCUT2D eigenvalue weighted by atomic mass is 9.94. The Morgan fingerprint density at radius 3 is 2.39 bits per heavy atom. The van der Waals surface area contributed by atoms with Gasteiger partial charge in [0.25, 0.3) is 0 Å². The molecule has 1 saturated carbocycles. The number of carboxylic acids is 1. The quantitative estimate of drug-likeness (QED) is 0.508. The van der Waals surface area contributed by atoms with Gasteiger partial charge in [-0.25, -0.2) is 4.79 Å². The topological polar surface area (TPSA) is 135 Å². The van der Waals surface area contributed by atoms with Crippen LogP contribution in [0.3, 0.4) is 0 Å². The summed E-state index contributed by atoms with van der Waals surface area (Å²) in [5.74, 6) is -2.14. The third-order valence-corrected chi connectivity index (χ3v) is 4.54. The fraction of sp³-hybridized carbons (Fsp3) is 0.929. The molecule has 9 nitrogen and oxygen atoms in total. The highest BCUT2D eigenvalue weighted by molar-refractivity contribution is 5.73. The van der Waals surface area contributed by atoms with E-state index in [-0.39, 0.29) is 6.61 Å². The highest BCUT2D eigenvalue weighted by atomic mass is 16.9. The first-order valence-electron chi connectivity index (χ1n) is 7.82. The molecule has 2 aliphatic heterocycles. The molecule has 23 heavy (non-hydrogen) atoms. The molecule has 1 unspecified atom stereocenters. The summed E-state index contributed by atoms with van der Waals surface area (Å²) in [5.41, 5.74) is 0. The number of carbonyl (C=O) groups is 1. The molecule has 0 amide bonds. The van der Waals surface area contributed by atoms with Gasteiger partial charge in [-0.15, -0.1) is 0 Å². The van der Waals surface area contributed by atoms with Crippen LogP contribution >= 0.6 is 0 Å². The van der Waals surface area contributed by atoms with E-state index in [1.54, 1.807) is 0 Å². The van der Waals surface area contributed by atoms with Gasteiger partial charge in [-0.3, -0.25) is 0 Å². The summed E-state index contributed by atoms with van der Waals surface area (Å²) in [6.45, 7) is 0.128. The summed E-state index contributed by atoms with van der Waals surface area (Å²) >= 11 is 0. The number of hydrogen-bond donors (Lipinski definition) is 4. The van der Waals surface area contributed by atoms with Crippen LogP contribution in [0.15, 0.2) is 0 Å². The molecular formula is C14H22O9. The first-order valence-corrected chi connectivity index (χ1v) is 7.82. The molecule has 3 rings (SSSR count). The maximum atomic E-state index is 11.1. The molecule has 132 valence electrons. The van der Waals surface area contributed by atoms with Gasteiger partial charge >= 0.3 is 5.97 Å². The molecule has 3 fully saturated rings. The molecule has 2 heterocycles. The fourth-order valence-electron chi connectivity index (χ4n) is 3.26. The van der Waals surface area contributed by atoms with Crippen molar-refractivity contribution >= 4 is 5.97 Å². The Morgan fingerprint density at radius 2 is 1.74 bits per heavy atom. The van der Waals surface area contributed by atoms with Gasteiger partial charge in [-0.1, -0.05) is 6.42 Å². The van der Waals surface area contributed by atoms with Crippen LogP contribution in [0.4, 0.5) is 0 Å². The molecule has 6 atom stereocenters. The van der Waals surface area contributed by atoms with Gasteiger partial charge in [0.05, 0.1) is 0 Å². The van der Waals surface area contributed by atoms with E-state index in [4.69, 9.17) is 24.1 Å². The first-order chi connectivity index (χ1) is 10.9. The molecule has 3 aliphatic rings. The Kier molecular flexibility index (Phi) is 4.88. The van der Waals surface area contributed by atoms with Crippen LogP contribution in [0.2, 0.25) is 0 Å². The molecule has 0 aromatic carbocycles. The molecule has 1 aliphatic carbocycles. The van der Waals surface area contributed by atoms with Crippen LogP contribution in [0.25, 0.3) is 0 Å². The largest absolute Gasteiger partial charge is 0.479 e. The zero-order valence-corrected chi connectivity index (χ0v) is 12.5. The number of carboxylic acid groups (broad SMARTS) is 1. The summed E-state index contributed by atoms with van der Waals surface area (Å²) in [6, 6.07) is 0. The van der Waals surface area contributed by atoms with Gasteiger partial charge < -0.3 is 39.4 Å². The second-order valence-electron chi connectivity index (χ2n) is 6.20. The lowest BCUT2D eigenvalue weighted by molar-refractivity contribution is -0.334. The maximum absolute atomic E-state index is 11.1. The highest BCUT2D eigenvalue weighted by Crippen LogP contribution is 2.38. The van der Waals surface area contributed by atoms with Gasteiger partial charge in [0.2, 0.25) is 0 Å². The summed E-state index contributed by atoms with van der Waals surface area (Å²) in [4.78, 5) is 11.1. The third kappa shape index (κ3) is 3.36. The Morgan fingerprint density at radius 1 is 1.04 bits per heavy atom. The van der Waals surface area contributed by atoms with E-state index >= 15 is 0 Å². The maximum Gasteiger partial charge on any atom is 0.335 e. The second-order valence-corrected chi connectivity index (χ2v) is 6.20. The van der Waals surface area contributed by atoms with Crippen molar-refractivity contribution in [1.82, 2.24) is 0 Å². The minimum Gasteiger partial charge on any atom is -0.479 e. The standard InChI is InChI=1S/C14H22O9/c15-8-9(16)11(12(18)19)22-13(10(8)17)21-7-6-20-14(23-7)4-2-1-3-5-14/h7-11,13,15-17H,1-6H2,(H,18,19)/t7?,8-,9-,10+,11-,13+/m0/s1. The molecule has 1 spiro atoms.